The van der Waals surface area contributed by atoms with Gasteiger partial charge in [-0.05, 0) is 131 Å². The fourth-order valence-electron chi connectivity index (χ4n) is 7.60. The van der Waals surface area contributed by atoms with Crippen molar-refractivity contribution in [2.24, 2.45) is 29.6 Å². The lowest BCUT2D eigenvalue weighted by molar-refractivity contribution is -0.274. The molecule has 2 heterocycles. The van der Waals surface area contributed by atoms with E-state index < -0.39 is 65.3 Å². The molecule has 3 fully saturated rings. The molecule has 0 spiro atoms. The monoisotopic (exact) mass is 854 g/mol. The summed E-state index contributed by atoms with van der Waals surface area (Å²) in [5.74, 6) is -8.20. The van der Waals surface area contributed by atoms with Gasteiger partial charge in [-0.3, -0.25) is 29.0 Å². The van der Waals surface area contributed by atoms with Crippen molar-refractivity contribution in [3.8, 4) is 11.5 Å². The Kier molecular flexibility index (Phi) is 7.68. The molecule has 0 bridgehead atoms. The summed E-state index contributed by atoms with van der Waals surface area (Å²) in [6, 6.07) is 16.8. The summed E-state index contributed by atoms with van der Waals surface area (Å²) in [4.78, 5) is 58.3. The van der Waals surface area contributed by atoms with Crippen LogP contribution in [0.25, 0.3) is 0 Å². The predicted octanol–water partition coefficient (Wildman–Crippen LogP) is 6.55. The number of aromatic hydroxyl groups is 1. The number of fused-ring (bicyclic) bond motifs is 4. The third-order valence-electron chi connectivity index (χ3n) is 9.39. The van der Waals surface area contributed by atoms with E-state index in [1.54, 1.807) is 54.6 Å². The molecule has 4 aliphatic rings. The molecule has 13 heteroatoms. The van der Waals surface area contributed by atoms with Crippen LogP contribution in [0.1, 0.15) is 24.3 Å². The number of alkyl halides is 3. The molecule has 0 radical (unpaired) electrons. The van der Waals surface area contributed by atoms with E-state index in [0.717, 1.165) is 35.1 Å². The Morgan fingerprint density at radius 1 is 0.717 bits per heavy atom. The maximum absolute atomic E-state index is 14.2. The van der Waals surface area contributed by atoms with Crippen molar-refractivity contribution in [3.63, 3.8) is 0 Å². The van der Waals surface area contributed by atoms with Gasteiger partial charge in [0.1, 0.15) is 11.5 Å². The Morgan fingerprint density at radius 3 is 1.83 bits per heavy atom. The Bertz CT molecular complexity index is 1830. The highest BCUT2D eigenvalue weighted by Crippen LogP contribution is 2.59. The minimum Gasteiger partial charge on any atom is -0.508 e. The van der Waals surface area contributed by atoms with E-state index in [9.17, 15) is 37.5 Å². The molecule has 2 saturated heterocycles. The largest absolute Gasteiger partial charge is 0.573 e. The van der Waals surface area contributed by atoms with Gasteiger partial charge in [-0.2, -0.15) is 0 Å². The average Bonchev–Trinajstić information content (AvgIpc) is 3.41. The number of carbonyl (C=O) groups is 4. The van der Waals surface area contributed by atoms with Gasteiger partial charge in [0, 0.05) is 18.6 Å². The van der Waals surface area contributed by atoms with Crippen LogP contribution < -0.4 is 14.5 Å². The zero-order chi connectivity index (χ0) is 32.7. The number of hydrogen-bond acceptors (Lipinski definition) is 6. The van der Waals surface area contributed by atoms with Gasteiger partial charge in [-0.1, -0.05) is 11.6 Å². The van der Waals surface area contributed by atoms with Crippen LogP contribution in [0.3, 0.4) is 0 Å². The minimum absolute atomic E-state index is 0.0250. The molecule has 6 atom stereocenters. The first-order valence-electron chi connectivity index (χ1n) is 14.4. The van der Waals surface area contributed by atoms with Crippen LogP contribution in [0.5, 0.6) is 11.5 Å². The summed E-state index contributed by atoms with van der Waals surface area (Å²) in [5, 5.41) is 11.1. The van der Waals surface area contributed by atoms with E-state index in [-0.39, 0.29) is 30.1 Å². The summed E-state index contributed by atoms with van der Waals surface area (Å²) < 4.78 is 45.6. The standard InChI is InChI=1S/C33H23F3I2N2O6/c34-33(35,36)46-19-9-12-25(41)23(13-19)26-20-10-11-21-27(31(44)39(29(21)42)17-5-1-15(37)2-6-17)22(20)14-24-28(26)32(45)40(30(24)43)18-7-3-16(38)4-8-18/h1-10,12-13,21-22,24,26-28,41H,11,14H2/t21-,22+,24+,26+,27-,28+/m0/s1. The first-order valence-corrected chi connectivity index (χ1v) is 16.5. The normalized spacial score (nSPS) is 27.4. The van der Waals surface area contributed by atoms with E-state index in [1.807, 2.05) is 0 Å². The fraction of sp³-hybridized carbons (Fsp3) is 0.273. The highest BCUT2D eigenvalue weighted by molar-refractivity contribution is 14.1. The fourth-order valence-corrected chi connectivity index (χ4v) is 8.32. The third kappa shape index (κ3) is 5.09. The van der Waals surface area contributed by atoms with E-state index in [4.69, 9.17) is 0 Å². The maximum Gasteiger partial charge on any atom is 0.573 e. The summed E-state index contributed by atoms with van der Waals surface area (Å²) in [6.45, 7) is 0. The van der Waals surface area contributed by atoms with Gasteiger partial charge >= 0.3 is 6.36 Å². The molecule has 0 unspecified atom stereocenters. The van der Waals surface area contributed by atoms with Gasteiger partial charge in [-0.25, -0.2) is 0 Å². The van der Waals surface area contributed by atoms with Crippen molar-refractivity contribution in [2.45, 2.75) is 25.1 Å². The van der Waals surface area contributed by atoms with Crippen LogP contribution in [0.2, 0.25) is 0 Å². The number of amides is 4. The molecule has 1 saturated carbocycles. The molecule has 4 amide bonds. The summed E-state index contributed by atoms with van der Waals surface area (Å²) in [7, 11) is 0. The number of phenols is 1. The predicted molar refractivity (Wildman–Crippen MR) is 176 cm³/mol. The lowest BCUT2D eigenvalue weighted by atomic mass is 9.57. The van der Waals surface area contributed by atoms with Gasteiger partial charge in [0.05, 0.1) is 35.0 Å². The zero-order valence-corrected chi connectivity index (χ0v) is 27.9. The second-order valence-electron chi connectivity index (χ2n) is 11.8. The van der Waals surface area contributed by atoms with E-state index in [1.165, 1.54) is 0 Å². The number of rotatable bonds is 4. The van der Waals surface area contributed by atoms with Crippen molar-refractivity contribution in [2.75, 3.05) is 9.80 Å². The summed E-state index contributed by atoms with van der Waals surface area (Å²) in [5.41, 5.74) is 1.28. The van der Waals surface area contributed by atoms with Crippen LogP contribution in [0.15, 0.2) is 78.4 Å². The van der Waals surface area contributed by atoms with Crippen molar-refractivity contribution >= 4 is 80.2 Å². The molecule has 1 N–H and O–H groups in total. The van der Waals surface area contributed by atoms with E-state index in [0.29, 0.717) is 16.9 Å². The number of ether oxygens (including phenoxy) is 1. The number of phenolic OH excluding ortho intramolecular Hbond substituents is 1. The van der Waals surface area contributed by atoms with E-state index in [2.05, 4.69) is 49.9 Å². The highest BCUT2D eigenvalue weighted by Gasteiger charge is 2.62. The smallest absolute Gasteiger partial charge is 0.508 e. The maximum atomic E-state index is 14.2. The molecule has 3 aromatic carbocycles. The number of allylic oxidation sites excluding steroid dienone is 2. The molecule has 2 aliphatic heterocycles. The van der Waals surface area contributed by atoms with E-state index >= 15 is 0 Å². The number of imide groups is 2. The molecular weight excluding hydrogens is 831 g/mol. The number of anilines is 2. The molecule has 3 aromatic rings. The molecule has 236 valence electrons. The minimum atomic E-state index is -5.01. The first kappa shape index (κ1) is 31.1. The number of benzene rings is 3. The number of halogens is 5. The average molecular weight is 854 g/mol. The number of nitrogens with zero attached hydrogens (tertiary/aromatic N) is 2. The summed E-state index contributed by atoms with van der Waals surface area (Å²) >= 11 is 4.22. The topological polar surface area (TPSA) is 104 Å². The van der Waals surface area contributed by atoms with Gasteiger partial charge in [0.25, 0.3) is 0 Å². The molecule has 8 nitrogen and oxygen atoms in total. The number of hydrogen-bond donors (Lipinski definition) is 1. The van der Waals surface area contributed by atoms with Crippen LogP contribution in [-0.4, -0.2) is 35.1 Å². The van der Waals surface area contributed by atoms with Crippen molar-refractivity contribution in [1.82, 2.24) is 0 Å². The Balaban J connectivity index is 1.35. The molecule has 46 heavy (non-hydrogen) atoms. The van der Waals surface area contributed by atoms with Gasteiger partial charge in [0.2, 0.25) is 23.6 Å². The SMILES string of the molecule is O=C1[C@H]2[C@H](CC=C3[C@H]2C[C@H]2C(=O)N(c4ccc(I)cc4)C(=O)[C@H]2[C@H]3c2cc(OC(F)(F)F)ccc2O)C(=O)N1c1ccc(I)cc1. The van der Waals surface area contributed by atoms with Crippen molar-refractivity contribution < 1.29 is 42.2 Å². The van der Waals surface area contributed by atoms with Crippen LogP contribution in [-0.2, 0) is 19.2 Å². The molecular formula is C33H23F3I2N2O6. The Labute approximate surface area is 287 Å². The van der Waals surface area contributed by atoms with Crippen molar-refractivity contribution in [3.05, 3.63) is 91.1 Å². The Hall–Kier alpha value is -3.47. The second kappa shape index (κ2) is 11.3. The van der Waals surface area contributed by atoms with Crippen LogP contribution in [0, 0.1) is 36.7 Å². The van der Waals surface area contributed by atoms with Gasteiger partial charge in [0.15, 0.2) is 0 Å². The number of carbonyl (C=O) groups excluding carboxylic acids is 4. The first-order chi connectivity index (χ1) is 21.8. The molecule has 7 rings (SSSR count). The van der Waals surface area contributed by atoms with Gasteiger partial charge < -0.3 is 9.84 Å². The zero-order valence-electron chi connectivity index (χ0n) is 23.6. The summed E-state index contributed by atoms with van der Waals surface area (Å²) in [6.07, 6.45) is -3.02. The quantitative estimate of drug-likeness (QED) is 0.182. The highest BCUT2D eigenvalue weighted by atomic mass is 127. The lowest BCUT2D eigenvalue weighted by Gasteiger charge is -2.44. The van der Waals surface area contributed by atoms with Crippen molar-refractivity contribution in [1.29, 1.82) is 0 Å². The lowest BCUT2D eigenvalue weighted by Crippen LogP contribution is -2.43. The Morgan fingerprint density at radius 2 is 1.26 bits per heavy atom. The third-order valence-corrected chi connectivity index (χ3v) is 10.8. The van der Waals surface area contributed by atoms with Crippen LogP contribution >= 0.6 is 45.2 Å². The van der Waals surface area contributed by atoms with Gasteiger partial charge in [-0.15, -0.1) is 13.2 Å². The van der Waals surface area contributed by atoms with Crippen LogP contribution in [0.4, 0.5) is 24.5 Å². The molecule has 2 aliphatic carbocycles. The second-order valence-corrected chi connectivity index (χ2v) is 14.3. The molecule has 0 aromatic heterocycles.